The van der Waals surface area contributed by atoms with E-state index in [0.717, 1.165) is 18.7 Å². The van der Waals surface area contributed by atoms with E-state index in [-0.39, 0.29) is 16.3 Å². The summed E-state index contributed by atoms with van der Waals surface area (Å²) < 4.78 is 47.3. The third-order valence-corrected chi connectivity index (χ3v) is 4.72. The first-order valence-electron chi connectivity index (χ1n) is 8.53. The summed E-state index contributed by atoms with van der Waals surface area (Å²) in [6.07, 6.45) is -3.41. The van der Waals surface area contributed by atoms with Gasteiger partial charge in [0.1, 0.15) is 5.75 Å². The van der Waals surface area contributed by atoms with Crippen LogP contribution in [0.4, 0.5) is 18.9 Å². The van der Waals surface area contributed by atoms with Gasteiger partial charge in [-0.15, -0.1) is 0 Å². The molecule has 4 nitrogen and oxygen atoms in total. The van der Waals surface area contributed by atoms with Gasteiger partial charge in [0.05, 0.1) is 19.1 Å². The predicted octanol–water partition coefficient (Wildman–Crippen LogP) is 5.07. The minimum absolute atomic E-state index is 0.119. The SMILES string of the molecule is CCN(C)/C=N/c1cc(OC)c(C(O)(c2ccc(Cl)cc2)C(F)(F)F)cc1C. The van der Waals surface area contributed by atoms with Gasteiger partial charge < -0.3 is 14.7 Å². The summed E-state index contributed by atoms with van der Waals surface area (Å²) in [5.74, 6) is -0.119. The number of halogens is 4. The van der Waals surface area contributed by atoms with Crippen LogP contribution < -0.4 is 4.74 Å². The van der Waals surface area contributed by atoms with E-state index in [2.05, 4.69) is 4.99 Å². The molecule has 0 radical (unpaired) electrons. The topological polar surface area (TPSA) is 45.1 Å². The number of alkyl halides is 3. The highest BCUT2D eigenvalue weighted by molar-refractivity contribution is 6.30. The van der Waals surface area contributed by atoms with Gasteiger partial charge in [0.25, 0.3) is 0 Å². The fourth-order valence-corrected chi connectivity index (χ4v) is 2.80. The van der Waals surface area contributed by atoms with Crippen LogP contribution in [0.5, 0.6) is 5.75 Å². The molecule has 0 aliphatic heterocycles. The molecule has 1 atom stereocenters. The summed E-state index contributed by atoms with van der Waals surface area (Å²) in [5, 5.41) is 11.1. The van der Waals surface area contributed by atoms with Crippen molar-refractivity contribution in [3.8, 4) is 5.75 Å². The molecule has 0 saturated carbocycles. The Morgan fingerprint density at radius 3 is 2.32 bits per heavy atom. The molecule has 28 heavy (non-hydrogen) atoms. The lowest BCUT2D eigenvalue weighted by Crippen LogP contribution is -2.43. The number of nitrogens with zero attached hydrogens (tertiary/aromatic N) is 2. The van der Waals surface area contributed by atoms with E-state index in [9.17, 15) is 18.3 Å². The molecule has 0 heterocycles. The van der Waals surface area contributed by atoms with Crippen molar-refractivity contribution < 1.29 is 23.0 Å². The molecule has 0 amide bonds. The number of hydrogen-bond donors (Lipinski definition) is 1. The summed E-state index contributed by atoms with van der Waals surface area (Å²) in [4.78, 5) is 6.11. The van der Waals surface area contributed by atoms with Crippen molar-refractivity contribution in [2.75, 3.05) is 20.7 Å². The summed E-state index contributed by atoms with van der Waals surface area (Å²) >= 11 is 5.79. The predicted molar refractivity (Wildman–Crippen MR) is 105 cm³/mol. The minimum atomic E-state index is -4.99. The molecule has 1 unspecified atom stereocenters. The summed E-state index contributed by atoms with van der Waals surface area (Å²) in [6.45, 7) is 4.29. The van der Waals surface area contributed by atoms with Gasteiger partial charge in [-0.2, -0.15) is 13.2 Å². The first kappa shape index (κ1) is 22.0. The lowest BCUT2D eigenvalue weighted by atomic mass is 9.84. The van der Waals surface area contributed by atoms with Gasteiger partial charge in [0, 0.05) is 30.2 Å². The van der Waals surface area contributed by atoms with E-state index < -0.39 is 17.3 Å². The molecule has 2 rings (SSSR count). The lowest BCUT2D eigenvalue weighted by molar-refractivity contribution is -0.248. The van der Waals surface area contributed by atoms with Crippen molar-refractivity contribution in [3.63, 3.8) is 0 Å². The second kappa shape index (κ2) is 8.41. The number of aliphatic hydroxyl groups is 1. The molecule has 2 aromatic rings. The van der Waals surface area contributed by atoms with Crippen LogP contribution in [-0.4, -0.2) is 43.2 Å². The summed E-state index contributed by atoms with van der Waals surface area (Å²) in [5.41, 5.74) is -3.13. The van der Waals surface area contributed by atoms with Crippen LogP contribution in [-0.2, 0) is 5.60 Å². The van der Waals surface area contributed by atoms with Crippen LogP contribution in [0.3, 0.4) is 0 Å². The molecular weight excluding hydrogens is 393 g/mol. The normalized spacial score (nSPS) is 14.2. The first-order chi connectivity index (χ1) is 13.0. The third-order valence-electron chi connectivity index (χ3n) is 4.47. The molecule has 0 spiro atoms. The Hall–Kier alpha value is -2.25. The molecule has 0 aliphatic carbocycles. The number of methoxy groups -OCH3 is 1. The number of hydrogen-bond acceptors (Lipinski definition) is 3. The van der Waals surface area contributed by atoms with Crippen molar-refractivity contribution in [1.82, 2.24) is 4.90 Å². The first-order valence-corrected chi connectivity index (χ1v) is 8.91. The molecule has 0 saturated heterocycles. The maximum absolute atomic E-state index is 14.0. The van der Waals surface area contributed by atoms with Crippen molar-refractivity contribution in [2.24, 2.45) is 4.99 Å². The van der Waals surface area contributed by atoms with Crippen LogP contribution in [0.1, 0.15) is 23.6 Å². The molecule has 2 aromatic carbocycles. The fraction of sp³-hybridized carbons (Fsp3) is 0.350. The molecular formula is C20H22ClF3N2O2. The summed E-state index contributed by atoms with van der Waals surface area (Å²) in [7, 11) is 3.08. The van der Waals surface area contributed by atoms with Crippen LogP contribution >= 0.6 is 11.6 Å². The molecule has 152 valence electrons. The third kappa shape index (κ3) is 4.25. The van der Waals surface area contributed by atoms with Crippen LogP contribution in [0.25, 0.3) is 0 Å². The largest absolute Gasteiger partial charge is 0.496 e. The van der Waals surface area contributed by atoms with Gasteiger partial charge in [-0.05, 0) is 43.2 Å². The van der Waals surface area contributed by atoms with E-state index in [1.54, 1.807) is 13.3 Å². The highest BCUT2D eigenvalue weighted by atomic mass is 35.5. The number of benzene rings is 2. The van der Waals surface area contributed by atoms with E-state index in [0.29, 0.717) is 11.3 Å². The van der Waals surface area contributed by atoms with Gasteiger partial charge in [-0.25, -0.2) is 4.99 Å². The van der Waals surface area contributed by atoms with Crippen LogP contribution in [0, 0.1) is 6.92 Å². The average molecular weight is 415 g/mol. The van der Waals surface area contributed by atoms with E-state index in [4.69, 9.17) is 16.3 Å². The molecule has 8 heteroatoms. The Morgan fingerprint density at radius 1 is 1.21 bits per heavy atom. The Bertz CT molecular complexity index is 854. The number of rotatable bonds is 6. The smallest absolute Gasteiger partial charge is 0.425 e. The lowest BCUT2D eigenvalue weighted by Gasteiger charge is -2.33. The van der Waals surface area contributed by atoms with Crippen molar-refractivity contribution in [3.05, 3.63) is 58.1 Å². The Morgan fingerprint density at radius 2 is 1.82 bits per heavy atom. The van der Waals surface area contributed by atoms with Gasteiger partial charge in [-0.3, -0.25) is 0 Å². The zero-order valence-corrected chi connectivity index (χ0v) is 16.8. The van der Waals surface area contributed by atoms with Gasteiger partial charge in [-0.1, -0.05) is 23.7 Å². The maximum Gasteiger partial charge on any atom is 0.425 e. The Labute approximate surface area is 167 Å². The zero-order valence-electron chi connectivity index (χ0n) is 16.0. The molecule has 1 N–H and O–H groups in total. The number of aliphatic imine (C=N–C) groups is 1. The quantitative estimate of drug-likeness (QED) is 0.530. The van der Waals surface area contributed by atoms with Crippen molar-refractivity contribution in [2.45, 2.75) is 25.6 Å². The second-order valence-corrected chi connectivity index (χ2v) is 6.81. The number of aryl methyl sites for hydroxylation is 1. The van der Waals surface area contributed by atoms with E-state index in [1.807, 2.05) is 18.9 Å². The maximum atomic E-state index is 14.0. The number of ether oxygens (including phenoxy) is 1. The summed E-state index contributed by atoms with van der Waals surface area (Å²) in [6, 6.07) is 7.52. The van der Waals surface area contributed by atoms with Gasteiger partial charge in [0.2, 0.25) is 5.60 Å². The van der Waals surface area contributed by atoms with Gasteiger partial charge >= 0.3 is 6.18 Å². The van der Waals surface area contributed by atoms with Crippen LogP contribution in [0.2, 0.25) is 5.02 Å². The second-order valence-electron chi connectivity index (χ2n) is 6.37. The zero-order chi connectivity index (χ0) is 21.1. The molecule has 0 aliphatic rings. The minimum Gasteiger partial charge on any atom is -0.496 e. The van der Waals surface area contributed by atoms with Crippen molar-refractivity contribution >= 4 is 23.6 Å². The van der Waals surface area contributed by atoms with E-state index >= 15 is 0 Å². The monoisotopic (exact) mass is 414 g/mol. The van der Waals surface area contributed by atoms with Crippen LogP contribution in [0.15, 0.2) is 41.4 Å². The fourth-order valence-electron chi connectivity index (χ4n) is 2.67. The van der Waals surface area contributed by atoms with Gasteiger partial charge in [0.15, 0.2) is 0 Å². The van der Waals surface area contributed by atoms with E-state index in [1.165, 1.54) is 31.4 Å². The Balaban J connectivity index is 2.69. The molecule has 0 fully saturated rings. The highest BCUT2D eigenvalue weighted by Gasteiger charge is 2.57. The highest BCUT2D eigenvalue weighted by Crippen LogP contribution is 2.48. The average Bonchev–Trinajstić information content (AvgIpc) is 2.65. The molecule has 0 aromatic heterocycles. The molecule has 0 bridgehead atoms. The standard InChI is InChI=1S/C20H22ClF3N2O2/c1-5-26(3)12-25-17-11-18(28-4)16(10-13(17)2)19(27,20(22,23)24)14-6-8-15(21)9-7-14/h6-12,27H,5H2,1-4H3/b25-12+. The van der Waals surface area contributed by atoms with Crippen molar-refractivity contribution in [1.29, 1.82) is 0 Å². The Kier molecular flexibility index (Phi) is 6.62.